The minimum atomic E-state index is -0.244. The lowest BCUT2D eigenvalue weighted by molar-refractivity contribution is -0.148. The Balaban J connectivity index is 1.72. The number of anilines is 1. The highest BCUT2D eigenvalue weighted by atomic mass is 16.5. The van der Waals surface area contributed by atoms with Crippen molar-refractivity contribution in [3.8, 4) is 0 Å². The van der Waals surface area contributed by atoms with Crippen molar-refractivity contribution < 1.29 is 14.3 Å². The Morgan fingerprint density at radius 2 is 2.00 bits per heavy atom. The average Bonchev–Trinajstić information content (AvgIpc) is 3.22. The van der Waals surface area contributed by atoms with E-state index in [1.165, 1.54) is 5.56 Å². The molecular weight excluding hydrogens is 290 g/mol. The fourth-order valence-corrected chi connectivity index (χ4v) is 3.35. The van der Waals surface area contributed by atoms with Gasteiger partial charge in [-0.15, -0.1) is 0 Å². The number of esters is 1. The molecular formula is C19H23NO3. The van der Waals surface area contributed by atoms with Crippen LogP contribution in [0.3, 0.4) is 0 Å². The maximum absolute atomic E-state index is 12.2. The van der Waals surface area contributed by atoms with Crippen LogP contribution in [0, 0.1) is 11.8 Å². The Morgan fingerprint density at radius 1 is 1.35 bits per heavy atom. The first-order valence-electron chi connectivity index (χ1n) is 8.07. The Hall–Kier alpha value is -2.10. The van der Waals surface area contributed by atoms with Crippen molar-refractivity contribution in [2.24, 2.45) is 11.8 Å². The van der Waals surface area contributed by atoms with Gasteiger partial charge in [0.2, 0.25) is 0 Å². The number of ether oxygens (including phenoxy) is 1. The van der Waals surface area contributed by atoms with Crippen LogP contribution in [0.15, 0.2) is 36.0 Å². The number of benzene rings is 1. The lowest BCUT2D eigenvalue weighted by Crippen LogP contribution is -2.25. The van der Waals surface area contributed by atoms with Gasteiger partial charge in [-0.25, -0.2) is 0 Å². The number of hydrogen-bond donors (Lipinski definition) is 0. The SMILES string of the molecule is C[C@H]1C[C@@H]1C(=O)OCC(=O)/C=C1\N(C)c2ccccc2C1(C)C. The van der Waals surface area contributed by atoms with E-state index in [0.717, 1.165) is 17.8 Å². The van der Waals surface area contributed by atoms with Crippen molar-refractivity contribution in [1.29, 1.82) is 0 Å². The van der Waals surface area contributed by atoms with E-state index in [-0.39, 0.29) is 29.7 Å². The van der Waals surface area contributed by atoms with E-state index in [1.807, 2.05) is 31.0 Å². The number of likely N-dealkylation sites (N-methyl/N-ethyl adjacent to an activating group) is 1. The summed E-state index contributed by atoms with van der Waals surface area (Å²) in [5, 5.41) is 0. The van der Waals surface area contributed by atoms with Crippen LogP contribution in [0.25, 0.3) is 0 Å². The van der Waals surface area contributed by atoms with Gasteiger partial charge in [0.05, 0.1) is 5.92 Å². The van der Waals surface area contributed by atoms with E-state index in [9.17, 15) is 9.59 Å². The average molecular weight is 313 g/mol. The first-order valence-corrected chi connectivity index (χ1v) is 8.07. The number of nitrogens with zero attached hydrogens (tertiary/aromatic N) is 1. The molecule has 1 aliphatic heterocycles. The number of carbonyl (C=O) groups excluding carboxylic acids is 2. The van der Waals surface area contributed by atoms with E-state index in [0.29, 0.717) is 5.92 Å². The van der Waals surface area contributed by atoms with Crippen LogP contribution in [0.2, 0.25) is 0 Å². The summed E-state index contributed by atoms with van der Waals surface area (Å²) in [6.45, 7) is 6.05. The Morgan fingerprint density at radius 3 is 2.61 bits per heavy atom. The van der Waals surface area contributed by atoms with Crippen LogP contribution in [0.4, 0.5) is 5.69 Å². The molecule has 2 atom stereocenters. The molecule has 4 nitrogen and oxygen atoms in total. The standard InChI is InChI=1S/C19H23NO3/c1-12-9-14(12)18(22)23-11-13(21)10-17-19(2,3)15-7-5-6-8-16(15)20(17)4/h5-8,10,12,14H,9,11H2,1-4H3/b17-10-/t12-,14-/m0/s1. The topological polar surface area (TPSA) is 46.6 Å². The maximum atomic E-state index is 12.2. The normalized spacial score (nSPS) is 26.1. The molecule has 3 rings (SSSR count). The smallest absolute Gasteiger partial charge is 0.309 e. The third-order valence-corrected chi connectivity index (χ3v) is 5.01. The second-order valence-electron chi connectivity index (χ2n) is 7.12. The predicted octanol–water partition coefficient (Wildman–Crippen LogP) is 3.07. The highest BCUT2D eigenvalue weighted by Crippen LogP contribution is 2.46. The van der Waals surface area contributed by atoms with Crippen LogP contribution in [-0.4, -0.2) is 25.4 Å². The quantitative estimate of drug-likeness (QED) is 0.633. The molecule has 1 aromatic carbocycles. The van der Waals surface area contributed by atoms with E-state index in [4.69, 9.17) is 4.74 Å². The van der Waals surface area contributed by atoms with E-state index >= 15 is 0 Å². The van der Waals surface area contributed by atoms with Crippen LogP contribution in [0.1, 0.15) is 32.8 Å². The molecule has 1 fully saturated rings. The largest absolute Gasteiger partial charge is 0.457 e. The zero-order valence-corrected chi connectivity index (χ0v) is 14.1. The monoisotopic (exact) mass is 313 g/mol. The zero-order chi connectivity index (χ0) is 16.8. The molecule has 0 unspecified atom stereocenters. The highest BCUT2D eigenvalue weighted by Gasteiger charge is 2.41. The number of allylic oxidation sites excluding steroid dienone is 1. The van der Waals surface area contributed by atoms with Crippen molar-refractivity contribution in [1.82, 2.24) is 0 Å². The van der Waals surface area contributed by atoms with Crippen LogP contribution in [-0.2, 0) is 19.7 Å². The van der Waals surface area contributed by atoms with Gasteiger partial charge in [-0.2, -0.15) is 0 Å². The summed E-state index contributed by atoms with van der Waals surface area (Å²) in [6, 6.07) is 8.15. The lowest BCUT2D eigenvalue weighted by Gasteiger charge is -2.23. The molecule has 1 aliphatic carbocycles. The Kier molecular flexibility index (Phi) is 3.78. The minimum Gasteiger partial charge on any atom is -0.457 e. The molecule has 0 N–H and O–H groups in total. The molecule has 0 aromatic heterocycles. The summed E-state index contributed by atoms with van der Waals surface area (Å²) in [7, 11) is 1.96. The molecule has 1 aromatic rings. The third-order valence-electron chi connectivity index (χ3n) is 5.01. The summed E-state index contributed by atoms with van der Waals surface area (Å²) in [5.41, 5.74) is 3.00. The number of fused-ring (bicyclic) bond motifs is 1. The summed E-state index contributed by atoms with van der Waals surface area (Å²) in [4.78, 5) is 26.0. The van der Waals surface area contributed by atoms with Crippen LogP contribution < -0.4 is 4.90 Å². The van der Waals surface area contributed by atoms with Gasteiger partial charge < -0.3 is 9.64 Å². The second-order valence-corrected chi connectivity index (χ2v) is 7.12. The fourth-order valence-electron chi connectivity index (χ4n) is 3.35. The number of rotatable bonds is 4. The Labute approximate surface area is 137 Å². The first kappa shape index (κ1) is 15.8. The van der Waals surface area contributed by atoms with Crippen molar-refractivity contribution in [3.05, 3.63) is 41.6 Å². The summed E-state index contributed by atoms with van der Waals surface area (Å²) in [6.07, 6.45) is 2.49. The molecule has 2 aliphatic rings. The molecule has 122 valence electrons. The van der Waals surface area contributed by atoms with E-state index in [1.54, 1.807) is 6.08 Å². The van der Waals surface area contributed by atoms with Crippen molar-refractivity contribution in [2.45, 2.75) is 32.6 Å². The van der Waals surface area contributed by atoms with Gasteiger partial charge in [-0.05, 0) is 24.0 Å². The van der Waals surface area contributed by atoms with Gasteiger partial charge in [0, 0.05) is 29.9 Å². The molecule has 23 heavy (non-hydrogen) atoms. The molecule has 4 heteroatoms. The summed E-state index contributed by atoms with van der Waals surface area (Å²) in [5.74, 6) is -0.0309. The molecule has 1 heterocycles. The van der Waals surface area contributed by atoms with Gasteiger partial charge in [-0.3, -0.25) is 9.59 Å². The van der Waals surface area contributed by atoms with Gasteiger partial charge in [0.15, 0.2) is 12.4 Å². The lowest BCUT2D eigenvalue weighted by atomic mass is 9.83. The van der Waals surface area contributed by atoms with Crippen molar-refractivity contribution >= 4 is 17.4 Å². The second kappa shape index (κ2) is 5.52. The van der Waals surface area contributed by atoms with E-state index in [2.05, 4.69) is 26.0 Å². The van der Waals surface area contributed by atoms with Crippen LogP contribution in [0.5, 0.6) is 0 Å². The molecule has 0 amide bonds. The first-order chi connectivity index (χ1) is 10.8. The predicted molar refractivity (Wildman–Crippen MR) is 89.2 cm³/mol. The van der Waals surface area contributed by atoms with Gasteiger partial charge in [0.1, 0.15) is 0 Å². The van der Waals surface area contributed by atoms with Gasteiger partial charge in [-0.1, -0.05) is 39.0 Å². The summed E-state index contributed by atoms with van der Waals surface area (Å²) < 4.78 is 5.14. The Bertz CT molecular complexity index is 690. The number of hydrogen-bond acceptors (Lipinski definition) is 4. The molecule has 0 bridgehead atoms. The fraction of sp³-hybridized carbons (Fsp3) is 0.474. The molecule has 1 saturated carbocycles. The maximum Gasteiger partial charge on any atom is 0.309 e. The van der Waals surface area contributed by atoms with Gasteiger partial charge >= 0.3 is 5.97 Å². The van der Waals surface area contributed by atoms with E-state index < -0.39 is 0 Å². The van der Waals surface area contributed by atoms with Crippen molar-refractivity contribution in [2.75, 3.05) is 18.6 Å². The minimum absolute atomic E-state index is 0.00898. The van der Waals surface area contributed by atoms with Crippen LogP contribution >= 0.6 is 0 Å². The number of ketones is 1. The molecule has 0 saturated heterocycles. The highest BCUT2D eigenvalue weighted by molar-refractivity contribution is 5.94. The van der Waals surface area contributed by atoms with Gasteiger partial charge in [0.25, 0.3) is 0 Å². The third kappa shape index (κ3) is 2.78. The number of carbonyl (C=O) groups is 2. The number of para-hydroxylation sites is 1. The summed E-state index contributed by atoms with van der Waals surface area (Å²) >= 11 is 0. The molecule has 0 spiro atoms. The molecule has 0 radical (unpaired) electrons. The van der Waals surface area contributed by atoms with Crippen molar-refractivity contribution in [3.63, 3.8) is 0 Å². The zero-order valence-electron chi connectivity index (χ0n) is 14.1.